The van der Waals surface area contributed by atoms with Crippen LogP contribution in [0.25, 0.3) is 0 Å². The Labute approximate surface area is 128 Å². The predicted octanol–water partition coefficient (Wildman–Crippen LogP) is 3.26. The molecule has 0 aromatic carbocycles. The molecule has 2 atom stereocenters. The molecule has 3 heteroatoms. The van der Waals surface area contributed by atoms with E-state index < -0.39 is 0 Å². The molecule has 4 fully saturated rings. The zero-order valence-corrected chi connectivity index (χ0v) is 13.7. The topological polar surface area (TPSA) is 49.3 Å². The van der Waals surface area contributed by atoms with Gasteiger partial charge in [-0.2, -0.15) is 0 Å². The standard InChI is InChI=1S/C18H31NO2/c1-16-7-14-8-17(2,11-16)13-18(9-14,12-16)10-15(21)19-5-3-4-6-20/h14,20H,3-13H2,1-2H3,(H,19,21). The van der Waals surface area contributed by atoms with Gasteiger partial charge in [0.25, 0.3) is 0 Å². The summed E-state index contributed by atoms with van der Waals surface area (Å²) < 4.78 is 0. The molecular weight excluding hydrogens is 262 g/mol. The van der Waals surface area contributed by atoms with Crippen LogP contribution >= 0.6 is 0 Å². The molecule has 0 aromatic rings. The highest BCUT2D eigenvalue weighted by Gasteiger charge is 2.60. The largest absolute Gasteiger partial charge is 0.396 e. The zero-order chi connectivity index (χ0) is 15.1. The summed E-state index contributed by atoms with van der Waals surface area (Å²) in [6.45, 7) is 5.86. The number of nitrogens with one attached hydrogen (secondary N) is 1. The molecule has 4 saturated carbocycles. The van der Waals surface area contributed by atoms with E-state index in [0.29, 0.717) is 17.4 Å². The van der Waals surface area contributed by atoms with Gasteiger partial charge in [0.2, 0.25) is 5.91 Å². The Balaban J connectivity index is 1.61. The number of carbonyl (C=O) groups is 1. The number of rotatable bonds is 6. The quantitative estimate of drug-likeness (QED) is 0.739. The maximum atomic E-state index is 12.3. The van der Waals surface area contributed by atoms with Crippen LogP contribution in [0, 0.1) is 22.2 Å². The summed E-state index contributed by atoms with van der Waals surface area (Å²) in [5, 5.41) is 11.9. The van der Waals surface area contributed by atoms with Crippen LogP contribution in [0.3, 0.4) is 0 Å². The Bertz CT molecular complexity index is 401. The summed E-state index contributed by atoms with van der Waals surface area (Å²) in [5.41, 5.74) is 1.26. The summed E-state index contributed by atoms with van der Waals surface area (Å²) in [5.74, 6) is 1.10. The average Bonchev–Trinajstić information content (AvgIpc) is 2.29. The van der Waals surface area contributed by atoms with Crippen LogP contribution in [0.5, 0.6) is 0 Å². The molecule has 3 nitrogen and oxygen atoms in total. The van der Waals surface area contributed by atoms with Crippen LogP contribution in [-0.4, -0.2) is 24.2 Å². The van der Waals surface area contributed by atoms with Gasteiger partial charge in [-0.1, -0.05) is 13.8 Å². The maximum absolute atomic E-state index is 12.3. The van der Waals surface area contributed by atoms with Crippen LogP contribution in [0.1, 0.15) is 71.6 Å². The first-order valence-electron chi connectivity index (χ1n) is 8.74. The number of hydrogen-bond donors (Lipinski definition) is 2. The van der Waals surface area contributed by atoms with Crippen LogP contribution in [0.4, 0.5) is 0 Å². The molecule has 2 unspecified atom stereocenters. The van der Waals surface area contributed by atoms with E-state index in [1.807, 2.05) is 0 Å². The van der Waals surface area contributed by atoms with Gasteiger partial charge in [0.15, 0.2) is 0 Å². The molecule has 120 valence electrons. The molecular formula is C18H31NO2. The summed E-state index contributed by atoms with van der Waals surface area (Å²) in [7, 11) is 0. The van der Waals surface area contributed by atoms with Crippen LogP contribution in [-0.2, 0) is 4.79 Å². The molecule has 0 aliphatic heterocycles. The first-order valence-corrected chi connectivity index (χ1v) is 8.74. The number of hydrogen-bond acceptors (Lipinski definition) is 2. The van der Waals surface area contributed by atoms with E-state index in [-0.39, 0.29) is 17.9 Å². The molecule has 0 radical (unpaired) electrons. The monoisotopic (exact) mass is 293 g/mol. The molecule has 0 aromatic heterocycles. The van der Waals surface area contributed by atoms with Crippen molar-refractivity contribution in [2.24, 2.45) is 22.2 Å². The predicted molar refractivity (Wildman–Crippen MR) is 83.8 cm³/mol. The molecule has 4 rings (SSSR count). The van der Waals surface area contributed by atoms with Crippen molar-refractivity contribution >= 4 is 5.91 Å². The minimum atomic E-state index is 0.220. The lowest BCUT2D eigenvalue weighted by Gasteiger charge is -2.65. The third kappa shape index (κ3) is 3.13. The van der Waals surface area contributed by atoms with Crippen molar-refractivity contribution in [2.75, 3.05) is 13.2 Å². The van der Waals surface area contributed by atoms with Crippen LogP contribution in [0.2, 0.25) is 0 Å². The Morgan fingerprint density at radius 2 is 1.76 bits per heavy atom. The number of amides is 1. The van der Waals surface area contributed by atoms with E-state index >= 15 is 0 Å². The molecule has 1 amide bonds. The Kier molecular flexibility index (Phi) is 3.84. The van der Waals surface area contributed by atoms with E-state index in [1.165, 1.54) is 38.5 Å². The van der Waals surface area contributed by atoms with Gasteiger partial charge in [0, 0.05) is 19.6 Å². The Morgan fingerprint density at radius 1 is 1.10 bits per heavy atom. The lowest BCUT2D eigenvalue weighted by Crippen LogP contribution is -2.56. The van der Waals surface area contributed by atoms with Crippen molar-refractivity contribution in [3.05, 3.63) is 0 Å². The fourth-order valence-corrected chi connectivity index (χ4v) is 6.75. The van der Waals surface area contributed by atoms with Crippen LogP contribution < -0.4 is 5.32 Å². The van der Waals surface area contributed by atoms with Crippen molar-refractivity contribution < 1.29 is 9.90 Å². The number of carbonyl (C=O) groups excluding carboxylic acids is 1. The van der Waals surface area contributed by atoms with E-state index in [4.69, 9.17) is 5.11 Å². The smallest absolute Gasteiger partial charge is 0.220 e. The lowest BCUT2D eigenvalue weighted by atomic mass is 9.40. The number of aliphatic hydroxyl groups is 1. The minimum Gasteiger partial charge on any atom is -0.396 e. The van der Waals surface area contributed by atoms with E-state index in [1.54, 1.807) is 0 Å². The second kappa shape index (κ2) is 5.26. The normalized spacial score (nSPS) is 44.0. The van der Waals surface area contributed by atoms with Gasteiger partial charge in [0.1, 0.15) is 0 Å². The van der Waals surface area contributed by atoms with E-state index in [9.17, 15) is 4.79 Å². The number of unbranched alkanes of at least 4 members (excludes halogenated alkanes) is 1. The summed E-state index contributed by atoms with van der Waals surface area (Å²) >= 11 is 0. The summed E-state index contributed by atoms with van der Waals surface area (Å²) in [4.78, 5) is 12.3. The molecule has 4 aliphatic carbocycles. The highest BCUT2D eigenvalue weighted by atomic mass is 16.2. The van der Waals surface area contributed by atoms with Crippen molar-refractivity contribution in [2.45, 2.75) is 71.6 Å². The Morgan fingerprint density at radius 3 is 2.33 bits per heavy atom. The fourth-order valence-electron chi connectivity index (χ4n) is 6.75. The average molecular weight is 293 g/mol. The van der Waals surface area contributed by atoms with Gasteiger partial charge in [-0.15, -0.1) is 0 Å². The Hall–Kier alpha value is -0.570. The minimum absolute atomic E-state index is 0.220. The molecule has 4 bridgehead atoms. The lowest BCUT2D eigenvalue weighted by molar-refractivity contribution is -0.156. The van der Waals surface area contributed by atoms with Gasteiger partial charge in [-0.3, -0.25) is 4.79 Å². The fraction of sp³-hybridized carbons (Fsp3) is 0.944. The molecule has 0 heterocycles. The van der Waals surface area contributed by atoms with Crippen molar-refractivity contribution in [3.63, 3.8) is 0 Å². The van der Waals surface area contributed by atoms with Crippen LogP contribution in [0.15, 0.2) is 0 Å². The van der Waals surface area contributed by atoms with Crippen molar-refractivity contribution in [1.29, 1.82) is 0 Å². The van der Waals surface area contributed by atoms with Crippen molar-refractivity contribution in [1.82, 2.24) is 5.32 Å². The van der Waals surface area contributed by atoms with Gasteiger partial charge in [0.05, 0.1) is 0 Å². The van der Waals surface area contributed by atoms with E-state index in [0.717, 1.165) is 25.2 Å². The van der Waals surface area contributed by atoms with Gasteiger partial charge >= 0.3 is 0 Å². The zero-order valence-electron chi connectivity index (χ0n) is 13.7. The van der Waals surface area contributed by atoms with E-state index in [2.05, 4.69) is 19.2 Å². The molecule has 0 saturated heterocycles. The maximum Gasteiger partial charge on any atom is 0.220 e. The van der Waals surface area contributed by atoms with Crippen molar-refractivity contribution in [3.8, 4) is 0 Å². The van der Waals surface area contributed by atoms with Gasteiger partial charge < -0.3 is 10.4 Å². The summed E-state index contributed by atoms with van der Waals surface area (Å²) in [6, 6.07) is 0. The third-order valence-corrected chi connectivity index (χ3v) is 6.18. The molecule has 4 aliphatic rings. The highest BCUT2D eigenvalue weighted by Crippen LogP contribution is 2.70. The molecule has 0 spiro atoms. The highest BCUT2D eigenvalue weighted by molar-refractivity contribution is 5.76. The van der Waals surface area contributed by atoms with Gasteiger partial charge in [-0.25, -0.2) is 0 Å². The molecule has 2 N–H and O–H groups in total. The van der Waals surface area contributed by atoms with Gasteiger partial charge in [-0.05, 0) is 73.5 Å². The number of aliphatic hydroxyl groups excluding tert-OH is 1. The second-order valence-corrected chi connectivity index (χ2v) is 9.09. The first-order chi connectivity index (χ1) is 9.86. The second-order valence-electron chi connectivity index (χ2n) is 9.09. The molecule has 21 heavy (non-hydrogen) atoms. The summed E-state index contributed by atoms with van der Waals surface area (Å²) in [6.07, 6.45) is 10.3. The first kappa shape index (κ1) is 15.3. The SMILES string of the molecule is CC12CC3CC(C)(C1)CC(CC(=O)NCCCCO)(C3)C2. The third-order valence-electron chi connectivity index (χ3n) is 6.18.